The third-order valence-electron chi connectivity index (χ3n) is 7.79. The molecule has 5 heteroatoms. The maximum atomic E-state index is 13.3. The number of ketones is 1. The normalized spacial score (nSPS) is 55.3. The van der Waals surface area contributed by atoms with Crippen molar-refractivity contribution in [1.82, 2.24) is 0 Å². The van der Waals surface area contributed by atoms with Crippen LogP contribution in [0.4, 0.5) is 0 Å². The number of allylic oxidation sites excluding steroid dienone is 2. The fourth-order valence-corrected chi connectivity index (χ4v) is 6.80. The van der Waals surface area contributed by atoms with E-state index >= 15 is 0 Å². The zero-order valence-electron chi connectivity index (χ0n) is 14.1. The van der Waals surface area contributed by atoms with E-state index < -0.39 is 23.5 Å². The average Bonchev–Trinajstić information content (AvgIpc) is 2.76. The summed E-state index contributed by atoms with van der Waals surface area (Å²) < 4.78 is 5.58. The fraction of sp³-hybridized carbons (Fsp3) is 0.789. The molecule has 0 unspecified atom stereocenters. The second-order valence-electron chi connectivity index (χ2n) is 8.69. The molecule has 2 bridgehead atoms. The highest BCUT2D eigenvalue weighted by Gasteiger charge is 2.73. The average molecular weight is 332 g/mol. The minimum Gasteiger partial charge on any atom is -0.458 e. The van der Waals surface area contributed by atoms with E-state index in [1.165, 1.54) is 0 Å². The lowest BCUT2D eigenvalue weighted by Gasteiger charge is -2.60. The maximum Gasteiger partial charge on any atom is 0.313 e. The molecular formula is C19H24O5. The van der Waals surface area contributed by atoms with Crippen LogP contribution in [0.3, 0.4) is 0 Å². The summed E-state index contributed by atoms with van der Waals surface area (Å²) in [5.41, 5.74) is 1.23. The van der Waals surface area contributed by atoms with Crippen LogP contribution < -0.4 is 0 Å². The lowest BCUT2D eigenvalue weighted by molar-refractivity contribution is -0.243. The van der Waals surface area contributed by atoms with E-state index in [9.17, 15) is 19.8 Å². The predicted molar refractivity (Wildman–Crippen MR) is 83.6 cm³/mol. The van der Waals surface area contributed by atoms with E-state index in [-0.39, 0.29) is 41.5 Å². The first kappa shape index (κ1) is 15.1. The summed E-state index contributed by atoms with van der Waals surface area (Å²) in [7, 11) is 0. The molecule has 2 N–H and O–H groups in total. The summed E-state index contributed by atoms with van der Waals surface area (Å²) in [4.78, 5) is 26.1. The molecular weight excluding hydrogens is 308 g/mol. The Labute approximate surface area is 141 Å². The van der Waals surface area contributed by atoms with Crippen LogP contribution in [0.2, 0.25) is 0 Å². The highest BCUT2D eigenvalue weighted by molar-refractivity contribution is 6.04. The first-order valence-electron chi connectivity index (χ1n) is 9.23. The van der Waals surface area contributed by atoms with Crippen molar-refractivity contribution < 1.29 is 24.5 Å². The molecule has 24 heavy (non-hydrogen) atoms. The van der Waals surface area contributed by atoms with Gasteiger partial charge in [0.1, 0.15) is 6.10 Å². The molecule has 0 radical (unpaired) electrons. The van der Waals surface area contributed by atoms with Crippen molar-refractivity contribution in [3.63, 3.8) is 0 Å². The van der Waals surface area contributed by atoms with Crippen molar-refractivity contribution in [2.75, 3.05) is 0 Å². The van der Waals surface area contributed by atoms with Gasteiger partial charge in [0.05, 0.1) is 23.5 Å². The second-order valence-corrected chi connectivity index (χ2v) is 8.69. The number of ether oxygens (including phenoxy) is 1. The van der Waals surface area contributed by atoms with Gasteiger partial charge in [-0.3, -0.25) is 9.59 Å². The number of Topliss-reactive ketones (excluding diaryl/α,β-unsaturated/α-hetero) is 1. The van der Waals surface area contributed by atoms with Gasteiger partial charge in [-0.05, 0) is 43.1 Å². The smallest absolute Gasteiger partial charge is 0.313 e. The molecule has 1 spiro atoms. The van der Waals surface area contributed by atoms with Crippen molar-refractivity contribution in [3.8, 4) is 0 Å². The number of rotatable bonds is 0. The van der Waals surface area contributed by atoms with Crippen molar-refractivity contribution >= 4 is 11.8 Å². The zero-order valence-corrected chi connectivity index (χ0v) is 14.1. The Hall–Kier alpha value is -1.20. The van der Waals surface area contributed by atoms with Crippen LogP contribution in [0.15, 0.2) is 11.1 Å². The summed E-state index contributed by atoms with van der Waals surface area (Å²) >= 11 is 0. The van der Waals surface area contributed by atoms with Crippen LogP contribution in [0.5, 0.6) is 0 Å². The summed E-state index contributed by atoms with van der Waals surface area (Å²) in [6, 6.07) is 0. The summed E-state index contributed by atoms with van der Waals surface area (Å²) in [5.74, 6) is -0.652. The third-order valence-corrected chi connectivity index (χ3v) is 7.79. The van der Waals surface area contributed by atoms with Crippen LogP contribution in [0.25, 0.3) is 0 Å². The van der Waals surface area contributed by atoms with Crippen LogP contribution >= 0.6 is 0 Å². The third kappa shape index (κ3) is 1.46. The Bertz CT molecular complexity index is 681. The number of fused-ring (bicyclic) bond motifs is 2. The van der Waals surface area contributed by atoms with Crippen LogP contribution in [-0.4, -0.2) is 40.3 Å². The van der Waals surface area contributed by atoms with Crippen LogP contribution in [0.1, 0.15) is 39.5 Å². The molecule has 2 heterocycles. The van der Waals surface area contributed by atoms with Crippen molar-refractivity contribution in [2.24, 2.45) is 35.0 Å². The van der Waals surface area contributed by atoms with Crippen molar-refractivity contribution in [3.05, 3.63) is 11.1 Å². The minimum absolute atomic E-state index is 0.00945. The van der Waals surface area contributed by atoms with E-state index in [4.69, 9.17) is 4.74 Å². The molecule has 0 amide bonds. The molecule has 0 aromatic carbocycles. The summed E-state index contributed by atoms with van der Waals surface area (Å²) in [5, 5.41) is 21.0. The molecule has 130 valence electrons. The molecule has 4 aliphatic carbocycles. The van der Waals surface area contributed by atoms with E-state index in [0.717, 1.165) is 17.6 Å². The molecule has 9 atom stereocenters. The molecule has 4 fully saturated rings. The number of aliphatic hydroxyl groups excluding tert-OH is 2. The molecule has 6 aliphatic rings. The number of hydrogen-bond donors (Lipinski definition) is 2. The van der Waals surface area contributed by atoms with Crippen LogP contribution in [0, 0.1) is 35.0 Å². The van der Waals surface area contributed by atoms with Gasteiger partial charge < -0.3 is 14.9 Å². The van der Waals surface area contributed by atoms with E-state index in [1.807, 2.05) is 13.8 Å². The summed E-state index contributed by atoms with van der Waals surface area (Å²) in [6.07, 6.45) is 0.886. The van der Waals surface area contributed by atoms with Gasteiger partial charge in [0.25, 0.3) is 0 Å². The first-order chi connectivity index (χ1) is 11.4. The molecule has 0 aromatic rings. The van der Waals surface area contributed by atoms with Crippen molar-refractivity contribution in [1.29, 1.82) is 0 Å². The monoisotopic (exact) mass is 332 g/mol. The van der Waals surface area contributed by atoms with Gasteiger partial charge in [0.15, 0.2) is 5.78 Å². The summed E-state index contributed by atoms with van der Waals surface area (Å²) in [6.45, 7) is 3.95. The first-order valence-corrected chi connectivity index (χ1v) is 9.23. The lowest BCUT2D eigenvalue weighted by atomic mass is 9.47. The van der Waals surface area contributed by atoms with Crippen LogP contribution in [-0.2, 0) is 14.3 Å². The van der Waals surface area contributed by atoms with Gasteiger partial charge >= 0.3 is 5.97 Å². The van der Waals surface area contributed by atoms with Gasteiger partial charge in [0.2, 0.25) is 0 Å². The molecule has 0 aromatic heterocycles. The molecule has 5 nitrogen and oxygen atoms in total. The minimum atomic E-state index is -0.756. The molecule has 2 saturated heterocycles. The number of esters is 1. The highest BCUT2D eigenvalue weighted by atomic mass is 16.6. The van der Waals surface area contributed by atoms with Gasteiger partial charge in [0, 0.05) is 11.8 Å². The van der Waals surface area contributed by atoms with Crippen molar-refractivity contribution in [2.45, 2.75) is 57.8 Å². The standard InChI is InChI=1S/C19H24O5/c1-7-5-10(20)6-9-3-4-19-8(2)15(21)17(24-18(19)23)13-14(19)12(9)11(7)16(13)22/h7-10,13-15,17,20-21H,3-6H2,1-2H3/t7-,8+,9+,10+,13+,14+,15+,17+,19+/m0/s1. The Kier molecular flexibility index (Phi) is 2.83. The van der Waals surface area contributed by atoms with Gasteiger partial charge in [-0.25, -0.2) is 0 Å². The number of aliphatic hydroxyl groups is 2. The van der Waals surface area contributed by atoms with Gasteiger partial charge in [-0.15, -0.1) is 0 Å². The topological polar surface area (TPSA) is 83.8 Å². The second kappa shape index (κ2) is 4.50. The SMILES string of the molecule is C[C@@H]1[C@@H](O)[C@@H]2OC(=O)[C@]13CC[C@@H]1C[C@H](O)C[C@H](C)C4=C1[C@@H]3[C@@H]2C4=O. The Morgan fingerprint density at radius 2 is 1.92 bits per heavy atom. The van der Waals surface area contributed by atoms with E-state index in [0.29, 0.717) is 19.3 Å². The Morgan fingerprint density at radius 1 is 1.17 bits per heavy atom. The predicted octanol–water partition coefficient (Wildman–Crippen LogP) is 1.22. The van der Waals surface area contributed by atoms with Gasteiger partial charge in [-0.1, -0.05) is 19.4 Å². The van der Waals surface area contributed by atoms with Gasteiger partial charge in [-0.2, -0.15) is 0 Å². The number of carbonyl (C=O) groups is 2. The quantitative estimate of drug-likeness (QED) is 0.652. The van der Waals surface area contributed by atoms with E-state index in [1.54, 1.807) is 0 Å². The molecule has 2 aliphatic heterocycles. The highest BCUT2D eigenvalue weighted by Crippen LogP contribution is 2.67. The molecule has 6 rings (SSSR count). The largest absolute Gasteiger partial charge is 0.458 e. The number of carbonyl (C=O) groups excluding carboxylic acids is 2. The number of hydrogen-bond acceptors (Lipinski definition) is 5. The maximum absolute atomic E-state index is 13.3. The Balaban J connectivity index is 1.74. The fourth-order valence-electron chi connectivity index (χ4n) is 6.80. The molecule has 2 saturated carbocycles. The lowest BCUT2D eigenvalue weighted by Crippen LogP contribution is -2.69. The zero-order chi connectivity index (χ0) is 17.0. The Morgan fingerprint density at radius 3 is 2.67 bits per heavy atom. The van der Waals surface area contributed by atoms with E-state index in [2.05, 4.69) is 0 Å².